The van der Waals surface area contributed by atoms with Crippen LogP contribution >= 0.6 is 0 Å². The van der Waals surface area contributed by atoms with E-state index in [1.165, 1.54) is 0 Å². The first-order chi connectivity index (χ1) is 5.68. The van der Waals surface area contributed by atoms with Gasteiger partial charge in [0.1, 0.15) is 0 Å². The van der Waals surface area contributed by atoms with Gasteiger partial charge in [-0.3, -0.25) is 0 Å². The third-order valence-electron chi connectivity index (χ3n) is 1.81. The van der Waals surface area contributed by atoms with Crippen LogP contribution in [0.4, 0.5) is 5.69 Å². The Labute approximate surface area is 70.0 Å². The lowest BCUT2D eigenvalue weighted by Gasteiger charge is -1.99. The molecule has 0 unspecified atom stereocenters. The first kappa shape index (κ1) is 7.09. The number of fused-ring (bicyclic) bond motifs is 1. The molecule has 0 aliphatic rings. The van der Waals surface area contributed by atoms with Crippen molar-refractivity contribution in [2.45, 2.75) is 13.8 Å². The summed E-state index contributed by atoms with van der Waals surface area (Å²) in [5, 5.41) is 4.09. The van der Waals surface area contributed by atoms with Crippen molar-refractivity contribution in [1.82, 2.24) is 14.6 Å². The van der Waals surface area contributed by atoms with Crippen molar-refractivity contribution < 1.29 is 0 Å². The average Bonchev–Trinajstić information content (AvgIpc) is 2.33. The number of aryl methyl sites for hydroxylation is 2. The fourth-order valence-electron chi connectivity index (χ4n) is 1.29. The number of rotatable bonds is 0. The van der Waals surface area contributed by atoms with Gasteiger partial charge in [-0.2, -0.15) is 5.10 Å². The highest BCUT2D eigenvalue weighted by Crippen LogP contribution is 2.12. The van der Waals surface area contributed by atoms with Crippen molar-refractivity contribution in [3.63, 3.8) is 0 Å². The molecule has 2 heterocycles. The van der Waals surface area contributed by atoms with Crippen LogP contribution in [0.15, 0.2) is 12.3 Å². The van der Waals surface area contributed by atoms with E-state index in [0.717, 1.165) is 17.0 Å². The maximum atomic E-state index is 5.67. The normalized spacial score (nSPS) is 10.8. The fraction of sp³-hybridized carbons (Fsp3) is 0.250. The molecule has 2 rings (SSSR count). The number of nitrogen functional groups attached to an aromatic ring is 1. The Hall–Kier alpha value is -1.58. The third kappa shape index (κ3) is 0.845. The van der Waals surface area contributed by atoms with E-state index < -0.39 is 0 Å². The Morgan fingerprint density at radius 2 is 2.17 bits per heavy atom. The second kappa shape index (κ2) is 2.20. The molecule has 4 nitrogen and oxygen atoms in total. The number of hydrogen-bond donors (Lipinski definition) is 1. The van der Waals surface area contributed by atoms with Crippen LogP contribution in [0.5, 0.6) is 0 Å². The average molecular weight is 162 g/mol. The van der Waals surface area contributed by atoms with E-state index in [9.17, 15) is 0 Å². The van der Waals surface area contributed by atoms with Crippen molar-refractivity contribution in [2.24, 2.45) is 0 Å². The summed E-state index contributed by atoms with van der Waals surface area (Å²) in [6, 6.07) is 1.97. The molecule has 0 amide bonds. The third-order valence-corrected chi connectivity index (χ3v) is 1.81. The highest BCUT2D eigenvalue weighted by atomic mass is 15.3. The summed E-state index contributed by atoms with van der Waals surface area (Å²) in [6.45, 7) is 3.92. The molecule has 0 aliphatic carbocycles. The van der Waals surface area contributed by atoms with E-state index in [1.54, 1.807) is 10.7 Å². The van der Waals surface area contributed by atoms with E-state index in [-0.39, 0.29) is 0 Å². The first-order valence-electron chi connectivity index (χ1n) is 3.76. The van der Waals surface area contributed by atoms with Gasteiger partial charge in [0, 0.05) is 11.4 Å². The van der Waals surface area contributed by atoms with Crippen molar-refractivity contribution in [3.8, 4) is 0 Å². The van der Waals surface area contributed by atoms with Crippen LogP contribution in [-0.2, 0) is 0 Å². The van der Waals surface area contributed by atoms with Crippen LogP contribution < -0.4 is 5.73 Å². The Kier molecular flexibility index (Phi) is 1.30. The number of nitrogens with two attached hydrogens (primary N) is 1. The zero-order chi connectivity index (χ0) is 8.72. The maximum absolute atomic E-state index is 5.67. The van der Waals surface area contributed by atoms with Crippen LogP contribution in [0.3, 0.4) is 0 Å². The number of aromatic nitrogens is 3. The fourth-order valence-corrected chi connectivity index (χ4v) is 1.29. The van der Waals surface area contributed by atoms with Gasteiger partial charge in [-0.25, -0.2) is 9.50 Å². The Morgan fingerprint density at radius 1 is 1.42 bits per heavy atom. The molecule has 2 aromatic heterocycles. The Balaban J connectivity index is 2.92. The van der Waals surface area contributed by atoms with Crippen molar-refractivity contribution in [3.05, 3.63) is 23.7 Å². The van der Waals surface area contributed by atoms with E-state index in [0.29, 0.717) is 5.69 Å². The van der Waals surface area contributed by atoms with Crippen LogP contribution in [0.25, 0.3) is 5.65 Å². The lowest BCUT2D eigenvalue weighted by Crippen LogP contribution is -1.97. The molecule has 0 saturated carbocycles. The molecule has 2 N–H and O–H groups in total. The van der Waals surface area contributed by atoms with Gasteiger partial charge < -0.3 is 5.73 Å². The Bertz CT molecular complexity index is 430. The predicted molar refractivity (Wildman–Crippen MR) is 46.9 cm³/mol. The number of anilines is 1. The summed E-state index contributed by atoms with van der Waals surface area (Å²) in [5.74, 6) is 0. The molecule has 62 valence electrons. The molecule has 4 heteroatoms. The van der Waals surface area contributed by atoms with Gasteiger partial charge in [0.25, 0.3) is 0 Å². The molecule has 2 aromatic rings. The molecule has 0 aliphatic heterocycles. The summed E-state index contributed by atoms with van der Waals surface area (Å²) >= 11 is 0. The van der Waals surface area contributed by atoms with E-state index in [2.05, 4.69) is 10.1 Å². The summed E-state index contributed by atoms with van der Waals surface area (Å²) in [5.41, 5.74) is 9.05. The highest BCUT2D eigenvalue weighted by molar-refractivity contribution is 5.63. The van der Waals surface area contributed by atoms with Crippen LogP contribution in [0.1, 0.15) is 11.4 Å². The van der Waals surface area contributed by atoms with E-state index in [4.69, 9.17) is 5.73 Å². The van der Waals surface area contributed by atoms with Crippen LogP contribution in [0, 0.1) is 13.8 Å². The molecule has 0 aromatic carbocycles. The topological polar surface area (TPSA) is 56.2 Å². The molecular formula is C8H10N4. The minimum atomic E-state index is 0.627. The lowest BCUT2D eigenvalue weighted by atomic mass is 10.3. The standard InChI is InChI=1S/C8H10N4/c1-5-3-6(2)12-8(11-5)7(9)4-10-12/h3-4H,9H2,1-2H3. The molecule has 0 spiro atoms. The highest BCUT2D eigenvalue weighted by Gasteiger charge is 2.03. The van der Waals surface area contributed by atoms with Gasteiger partial charge in [-0.05, 0) is 19.9 Å². The SMILES string of the molecule is Cc1cc(C)n2ncc(N)c2n1. The quantitative estimate of drug-likeness (QED) is 0.627. The van der Waals surface area contributed by atoms with Crippen LogP contribution in [0.2, 0.25) is 0 Å². The Morgan fingerprint density at radius 3 is 2.92 bits per heavy atom. The van der Waals surface area contributed by atoms with Gasteiger partial charge in [0.15, 0.2) is 5.65 Å². The molecular weight excluding hydrogens is 152 g/mol. The minimum absolute atomic E-state index is 0.627. The van der Waals surface area contributed by atoms with Gasteiger partial charge in [-0.1, -0.05) is 0 Å². The van der Waals surface area contributed by atoms with Crippen molar-refractivity contribution in [2.75, 3.05) is 5.73 Å². The molecule has 0 atom stereocenters. The molecule has 0 fully saturated rings. The molecule has 0 radical (unpaired) electrons. The predicted octanol–water partition coefficient (Wildman–Crippen LogP) is 0.928. The molecule has 12 heavy (non-hydrogen) atoms. The van der Waals surface area contributed by atoms with Gasteiger partial charge >= 0.3 is 0 Å². The van der Waals surface area contributed by atoms with Gasteiger partial charge in [-0.15, -0.1) is 0 Å². The van der Waals surface area contributed by atoms with Crippen molar-refractivity contribution in [1.29, 1.82) is 0 Å². The van der Waals surface area contributed by atoms with E-state index in [1.807, 2.05) is 19.9 Å². The second-order valence-corrected chi connectivity index (χ2v) is 2.87. The maximum Gasteiger partial charge on any atom is 0.178 e. The first-order valence-corrected chi connectivity index (χ1v) is 3.76. The smallest absolute Gasteiger partial charge is 0.178 e. The minimum Gasteiger partial charge on any atom is -0.394 e. The lowest BCUT2D eigenvalue weighted by molar-refractivity contribution is 0.886. The van der Waals surface area contributed by atoms with E-state index >= 15 is 0 Å². The summed E-state index contributed by atoms with van der Waals surface area (Å²) in [6.07, 6.45) is 1.62. The summed E-state index contributed by atoms with van der Waals surface area (Å²) in [7, 11) is 0. The molecule has 0 saturated heterocycles. The van der Waals surface area contributed by atoms with Crippen LogP contribution in [-0.4, -0.2) is 14.6 Å². The summed E-state index contributed by atoms with van der Waals surface area (Å²) in [4.78, 5) is 4.27. The number of nitrogens with zero attached hydrogens (tertiary/aromatic N) is 3. The number of hydrogen-bond acceptors (Lipinski definition) is 3. The molecule has 0 bridgehead atoms. The largest absolute Gasteiger partial charge is 0.394 e. The summed E-state index contributed by atoms with van der Waals surface area (Å²) < 4.78 is 1.74. The van der Waals surface area contributed by atoms with Gasteiger partial charge in [0.2, 0.25) is 0 Å². The zero-order valence-electron chi connectivity index (χ0n) is 7.07. The van der Waals surface area contributed by atoms with Crippen molar-refractivity contribution >= 4 is 11.3 Å². The monoisotopic (exact) mass is 162 g/mol. The second-order valence-electron chi connectivity index (χ2n) is 2.87. The zero-order valence-corrected chi connectivity index (χ0v) is 7.07. The van der Waals surface area contributed by atoms with Gasteiger partial charge in [0.05, 0.1) is 11.9 Å².